The topological polar surface area (TPSA) is 51.2 Å². The van der Waals surface area contributed by atoms with Crippen LogP contribution in [0.25, 0.3) is 0 Å². The molecule has 0 unspecified atom stereocenters. The van der Waals surface area contributed by atoms with Crippen molar-refractivity contribution in [1.82, 2.24) is 0 Å². The molecule has 0 aromatic heterocycles. The van der Waals surface area contributed by atoms with Gasteiger partial charge in [-0.15, -0.1) is 0 Å². The number of hydrogen-bond donors (Lipinski definition) is 0. The molecular weight excluding hydrogens is 336 g/mol. The van der Waals surface area contributed by atoms with Gasteiger partial charge in [-0.3, -0.25) is 4.79 Å². The lowest BCUT2D eigenvalue weighted by atomic mass is 10.1. The minimum atomic E-state index is -4.54. The molecule has 23 heavy (non-hydrogen) atoms. The molecule has 2 aromatic rings. The van der Waals surface area contributed by atoms with Crippen molar-refractivity contribution in [3.8, 4) is 0 Å². The van der Waals surface area contributed by atoms with Gasteiger partial charge in [0.1, 0.15) is 11.6 Å². The summed E-state index contributed by atoms with van der Waals surface area (Å²) < 4.78 is 74.1. The molecule has 122 valence electrons. The predicted molar refractivity (Wildman–Crippen MR) is 74.2 cm³/mol. The zero-order valence-electron chi connectivity index (χ0n) is 11.5. The molecule has 0 aliphatic heterocycles. The molecule has 0 saturated heterocycles. The maximum absolute atomic E-state index is 12.8. The van der Waals surface area contributed by atoms with Gasteiger partial charge >= 0.3 is 6.18 Å². The van der Waals surface area contributed by atoms with Crippen molar-refractivity contribution in [2.45, 2.75) is 11.1 Å². The van der Waals surface area contributed by atoms with Crippen molar-refractivity contribution < 1.29 is 30.8 Å². The summed E-state index contributed by atoms with van der Waals surface area (Å²) in [7, 11) is -4.00. The van der Waals surface area contributed by atoms with Crippen molar-refractivity contribution in [2.75, 3.05) is 5.75 Å². The monoisotopic (exact) mass is 346 g/mol. The van der Waals surface area contributed by atoms with Gasteiger partial charge in [-0.1, -0.05) is 12.1 Å². The fourth-order valence-corrected chi connectivity index (χ4v) is 3.06. The smallest absolute Gasteiger partial charge is 0.293 e. The second kappa shape index (κ2) is 6.11. The van der Waals surface area contributed by atoms with Gasteiger partial charge in [-0.05, 0) is 36.4 Å². The first kappa shape index (κ1) is 17.1. The standard InChI is InChI=1S/C15H10F4O3S/c16-12-5-7-13(8-6-12)23(21,22)9-14(20)10-1-3-11(4-2-10)15(17,18)19/h1-8H,9H2. The summed E-state index contributed by atoms with van der Waals surface area (Å²) in [4.78, 5) is 11.7. The Morgan fingerprint density at radius 3 is 1.91 bits per heavy atom. The quantitative estimate of drug-likeness (QED) is 0.484. The molecule has 0 saturated carbocycles. The zero-order valence-corrected chi connectivity index (χ0v) is 12.3. The molecule has 0 aliphatic carbocycles. The SMILES string of the molecule is O=C(CS(=O)(=O)c1ccc(F)cc1)c1ccc(C(F)(F)F)cc1. The molecule has 2 rings (SSSR count). The van der Waals surface area contributed by atoms with Crippen LogP contribution in [0.1, 0.15) is 15.9 Å². The van der Waals surface area contributed by atoms with E-state index in [1.165, 1.54) is 0 Å². The van der Waals surface area contributed by atoms with Gasteiger partial charge in [0.2, 0.25) is 0 Å². The van der Waals surface area contributed by atoms with Crippen LogP contribution in [0.15, 0.2) is 53.4 Å². The highest BCUT2D eigenvalue weighted by atomic mass is 32.2. The van der Waals surface area contributed by atoms with E-state index in [9.17, 15) is 30.8 Å². The van der Waals surface area contributed by atoms with E-state index in [4.69, 9.17) is 0 Å². The average molecular weight is 346 g/mol. The third kappa shape index (κ3) is 4.16. The molecule has 0 N–H and O–H groups in total. The summed E-state index contributed by atoms with van der Waals surface area (Å²) in [5.74, 6) is -2.38. The highest BCUT2D eigenvalue weighted by molar-refractivity contribution is 7.92. The Hall–Kier alpha value is -2.22. The Labute approximate surface area is 129 Å². The highest BCUT2D eigenvalue weighted by Crippen LogP contribution is 2.29. The molecule has 8 heteroatoms. The Kier molecular flexibility index (Phi) is 4.56. The zero-order chi connectivity index (χ0) is 17.3. The lowest BCUT2D eigenvalue weighted by molar-refractivity contribution is -0.137. The van der Waals surface area contributed by atoms with Crippen molar-refractivity contribution >= 4 is 15.6 Å². The van der Waals surface area contributed by atoms with E-state index in [0.29, 0.717) is 12.1 Å². The minimum Gasteiger partial charge on any atom is -0.293 e. The summed E-state index contributed by atoms with van der Waals surface area (Å²) in [6.07, 6.45) is -4.54. The summed E-state index contributed by atoms with van der Waals surface area (Å²) in [6.45, 7) is 0. The van der Waals surface area contributed by atoms with Crippen LogP contribution in [0.2, 0.25) is 0 Å². The van der Waals surface area contributed by atoms with Gasteiger partial charge in [0.25, 0.3) is 0 Å². The Balaban J connectivity index is 2.19. The maximum Gasteiger partial charge on any atom is 0.416 e. The Morgan fingerprint density at radius 1 is 0.913 bits per heavy atom. The number of carbonyl (C=O) groups is 1. The number of hydrogen-bond acceptors (Lipinski definition) is 3. The van der Waals surface area contributed by atoms with Crippen LogP contribution < -0.4 is 0 Å². The van der Waals surface area contributed by atoms with E-state index in [0.717, 1.165) is 36.4 Å². The Morgan fingerprint density at radius 2 is 1.43 bits per heavy atom. The van der Waals surface area contributed by atoms with E-state index in [2.05, 4.69) is 0 Å². The fourth-order valence-electron chi connectivity index (χ4n) is 1.83. The lowest BCUT2D eigenvalue weighted by Crippen LogP contribution is -2.16. The normalized spacial score (nSPS) is 12.2. The van der Waals surface area contributed by atoms with Crippen LogP contribution in [0.3, 0.4) is 0 Å². The molecule has 0 fully saturated rings. The number of ketones is 1. The molecule has 2 aromatic carbocycles. The van der Waals surface area contributed by atoms with Gasteiger partial charge in [-0.2, -0.15) is 13.2 Å². The number of rotatable bonds is 4. The van der Waals surface area contributed by atoms with Gasteiger partial charge in [0, 0.05) is 5.56 Å². The molecule has 0 amide bonds. The van der Waals surface area contributed by atoms with Crippen molar-refractivity contribution in [3.63, 3.8) is 0 Å². The summed E-state index contributed by atoms with van der Waals surface area (Å²) in [6, 6.07) is 7.17. The number of benzene rings is 2. The van der Waals surface area contributed by atoms with Gasteiger partial charge in [0.05, 0.1) is 10.5 Å². The average Bonchev–Trinajstić information content (AvgIpc) is 2.46. The highest BCUT2D eigenvalue weighted by Gasteiger charge is 2.30. The lowest BCUT2D eigenvalue weighted by Gasteiger charge is -2.08. The Bertz CT molecular complexity index is 807. The molecule has 0 atom stereocenters. The number of halogens is 4. The van der Waals surface area contributed by atoms with Crippen LogP contribution in [-0.2, 0) is 16.0 Å². The maximum atomic E-state index is 12.8. The molecule has 0 radical (unpaired) electrons. The van der Waals surface area contributed by atoms with Gasteiger partial charge < -0.3 is 0 Å². The van der Waals surface area contributed by atoms with Crippen LogP contribution in [0.5, 0.6) is 0 Å². The van der Waals surface area contributed by atoms with Gasteiger partial charge in [0.15, 0.2) is 15.6 Å². The minimum absolute atomic E-state index is 0.149. The van der Waals surface area contributed by atoms with E-state index in [1.807, 2.05) is 0 Å². The van der Waals surface area contributed by atoms with Crippen LogP contribution in [0, 0.1) is 5.82 Å². The van der Waals surface area contributed by atoms with E-state index in [1.54, 1.807) is 0 Å². The van der Waals surface area contributed by atoms with Crippen LogP contribution in [0.4, 0.5) is 17.6 Å². The molecular formula is C15H10F4O3S. The van der Waals surface area contributed by atoms with E-state index in [-0.39, 0.29) is 10.5 Å². The van der Waals surface area contributed by atoms with Crippen LogP contribution >= 0.6 is 0 Å². The van der Waals surface area contributed by atoms with E-state index < -0.39 is 38.9 Å². The third-order valence-electron chi connectivity index (χ3n) is 3.03. The summed E-state index contributed by atoms with van der Waals surface area (Å²) in [5.41, 5.74) is -1.08. The molecule has 0 bridgehead atoms. The van der Waals surface area contributed by atoms with Gasteiger partial charge in [-0.25, -0.2) is 12.8 Å². The first-order chi connectivity index (χ1) is 10.6. The first-order valence-corrected chi connectivity index (χ1v) is 7.93. The summed E-state index contributed by atoms with van der Waals surface area (Å²) in [5, 5.41) is 0. The van der Waals surface area contributed by atoms with Crippen molar-refractivity contribution in [3.05, 3.63) is 65.5 Å². The molecule has 3 nitrogen and oxygen atoms in total. The third-order valence-corrected chi connectivity index (χ3v) is 4.66. The molecule has 0 aliphatic rings. The number of sulfone groups is 1. The second-order valence-electron chi connectivity index (χ2n) is 4.71. The first-order valence-electron chi connectivity index (χ1n) is 6.28. The van der Waals surface area contributed by atoms with Crippen molar-refractivity contribution in [1.29, 1.82) is 0 Å². The van der Waals surface area contributed by atoms with Crippen LogP contribution in [-0.4, -0.2) is 20.0 Å². The largest absolute Gasteiger partial charge is 0.416 e. The van der Waals surface area contributed by atoms with E-state index >= 15 is 0 Å². The number of alkyl halides is 3. The van der Waals surface area contributed by atoms with Crippen molar-refractivity contribution in [2.24, 2.45) is 0 Å². The number of Topliss-reactive ketones (excluding diaryl/α,β-unsaturated/α-hetero) is 1. The summed E-state index contributed by atoms with van der Waals surface area (Å²) >= 11 is 0. The second-order valence-corrected chi connectivity index (χ2v) is 6.70. The molecule has 0 heterocycles. The fraction of sp³-hybridized carbons (Fsp3) is 0.133. The molecule has 0 spiro atoms. The predicted octanol–water partition coefficient (Wildman–Crippen LogP) is 3.50. The number of carbonyl (C=O) groups excluding carboxylic acids is 1.